The molecule has 2 aliphatic rings. The Morgan fingerprint density at radius 3 is 2.54 bits per heavy atom. The Morgan fingerprint density at radius 1 is 1.17 bits per heavy atom. The molecule has 1 saturated carbocycles. The van der Waals surface area contributed by atoms with Crippen LogP contribution in [0.25, 0.3) is 0 Å². The Morgan fingerprint density at radius 2 is 1.88 bits per heavy atom. The van der Waals surface area contributed by atoms with Crippen LogP contribution in [-0.2, 0) is 11.2 Å². The van der Waals surface area contributed by atoms with Crippen LogP contribution in [0.2, 0.25) is 5.02 Å². The van der Waals surface area contributed by atoms with E-state index in [-0.39, 0.29) is 0 Å². The number of hydrogen-bond donors (Lipinski definition) is 0. The minimum atomic E-state index is 0.309. The van der Waals surface area contributed by atoms with Gasteiger partial charge in [0.15, 0.2) is 0 Å². The molecule has 1 aliphatic carbocycles. The molecule has 2 fully saturated rings. The van der Waals surface area contributed by atoms with Crippen LogP contribution in [0, 0.1) is 5.92 Å². The molecule has 0 spiro atoms. The number of aromatic nitrogens is 2. The molecule has 7 heteroatoms. The second kappa shape index (κ2) is 6.69. The van der Waals surface area contributed by atoms with E-state index in [0.29, 0.717) is 18.2 Å². The topological polar surface area (TPSA) is 49.3 Å². The number of hydrogen-bond acceptors (Lipinski definition) is 5. The predicted octanol–water partition coefficient (Wildman–Crippen LogP) is 2.84. The second-order valence-electron chi connectivity index (χ2n) is 6.38. The van der Waals surface area contributed by atoms with Crippen molar-refractivity contribution in [3.05, 3.63) is 40.7 Å². The van der Waals surface area contributed by atoms with Gasteiger partial charge in [-0.3, -0.25) is 4.79 Å². The summed E-state index contributed by atoms with van der Waals surface area (Å²) in [5.74, 6) is 1.49. The van der Waals surface area contributed by atoms with E-state index in [0.717, 1.165) is 60.6 Å². The highest BCUT2D eigenvalue weighted by Gasteiger charge is 2.34. The average molecular weight is 363 g/mol. The fourth-order valence-electron chi connectivity index (χ4n) is 2.94. The Kier molecular flexibility index (Phi) is 4.41. The zero-order valence-electron chi connectivity index (χ0n) is 13.3. The number of halogens is 1. The van der Waals surface area contributed by atoms with Crippen LogP contribution >= 0.6 is 23.1 Å². The van der Waals surface area contributed by atoms with Gasteiger partial charge in [0.25, 0.3) is 0 Å². The number of carbonyl (C=O) groups excluding carboxylic acids is 1. The maximum absolute atomic E-state index is 12.1. The summed E-state index contributed by atoms with van der Waals surface area (Å²) < 4.78 is 4.48. The summed E-state index contributed by atoms with van der Waals surface area (Å²) in [5.41, 5.74) is 1.16. The maximum atomic E-state index is 12.1. The summed E-state index contributed by atoms with van der Waals surface area (Å²) >= 11 is 7.36. The molecule has 1 amide bonds. The third kappa shape index (κ3) is 3.54. The zero-order valence-corrected chi connectivity index (χ0v) is 14.9. The number of anilines is 1. The monoisotopic (exact) mass is 362 g/mol. The van der Waals surface area contributed by atoms with Crippen molar-refractivity contribution >= 4 is 34.2 Å². The van der Waals surface area contributed by atoms with Crippen LogP contribution in [0.3, 0.4) is 0 Å². The van der Waals surface area contributed by atoms with Gasteiger partial charge in [0.05, 0.1) is 0 Å². The normalized spacial score (nSPS) is 18.0. The van der Waals surface area contributed by atoms with E-state index in [9.17, 15) is 4.79 Å². The van der Waals surface area contributed by atoms with E-state index in [2.05, 4.69) is 14.3 Å². The highest BCUT2D eigenvalue weighted by molar-refractivity contribution is 7.09. The molecule has 126 valence electrons. The first-order valence-electron chi connectivity index (χ1n) is 8.30. The first kappa shape index (κ1) is 15.8. The standard InChI is InChI=1S/C17H19ClN4OS/c18-14-5-1-12(2-6-14)11-15-19-17(24-20-15)22-9-7-21(8-10-22)16(23)13-3-4-13/h1-2,5-6,13H,3-4,7-11H2. The lowest BCUT2D eigenvalue weighted by Crippen LogP contribution is -2.49. The van der Waals surface area contributed by atoms with Gasteiger partial charge in [-0.2, -0.15) is 4.37 Å². The van der Waals surface area contributed by atoms with E-state index < -0.39 is 0 Å². The number of rotatable bonds is 4. The summed E-state index contributed by atoms with van der Waals surface area (Å²) in [4.78, 5) is 21.0. The van der Waals surface area contributed by atoms with Crippen molar-refractivity contribution < 1.29 is 4.79 Å². The molecule has 1 aromatic heterocycles. The van der Waals surface area contributed by atoms with Crippen LogP contribution in [0.15, 0.2) is 24.3 Å². The van der Waals surface area contributed by atoms with Gasteiger partial charge in [-0.15, -0.1) is 0 Å². The number of piperazine rings is 1. The molecular formula is C17H19ClN4OS. The number of nitrogens with zero attached hydrogens (tertiary/aromatic N) is 4. The van der Waals surface area contributed by atoms with Crippen molar-refractivity contribution in [2.75, 3.05) is 31.1 Å². The summed E-state index contributed by atoms with van der Waals surface area (Å²) in [6.45, 7) is 3.27. The van der Waals surface area contributed by atoms with Crippen LogP contribution < -0.4 is 4.90 Å². The molecule has 1 aliphatic heterocycles. The van der Waals surface area contributed by atoms with Gasteiger partial charge in [0, 0.05) is 55.1 Å². The lowest BCUT2D eigenvalue weighted by Gasteiger charge is -2.34. The molecule has 0 unspecified atom stereocenters. The van der Waals surface area contributed by atoms with Crippen molar-refractivity contribution in [1.82, 2.24) is 14.3 Å². The third-order valence-corrected chi connectivity index (χ3v) is 5.59. The Labute approximate surface area is 150 Å². The molecule has 1 aromatic carbocycles. The van der Waals surface area contributed by atoms with Gasteiger partial charge < -0.3 is 9.80 Å². The van der Waals surface area contributed by atoms with Crippen LogP contribution in [0.5, 0.6) is 0 Å². The summed E-state index contributed by atoms with van der Waals surface area (Å²) in [6.07, 6.45) is 2.86. The largest absolute Gasteiger partial charge is 0.343 e. The lowest BCUT2D eigenvalue weighted by molar-refractivity contribution is -0.132. The van der Waals surface area contributed by atoms with Crippen molar-refractivity contribution in [3.63, 3.8) is 0 Å². The molecule has 0 bridgehead atoms. The van der Waals surface area contributed by atoms with Gasteiger partial charge in [0.2, 0.25) is 11.0 Å². The molecule has 4 rings (SSSR count). The van der Waals surface area contributed by atoms with E-state index in [1.165, 1.54) is 11.5 Å². The van der Waals surface area contributed by atoms with E-state index >= 15 is 0 Å². The molecule has 5 nitrogen and oxygen atoms in total. The van der Waals surface area contributed by atoms with Crippen molar-refractivity contribution in [1.29, 1.82) is 0 Å². The van der Waals surface area contributed by atoms with Crippen LogP contribution in [0.1, 0.15) is 24.2 Å². The molecule has 1 saturated heterocycles. The average Bonchev–Trinajstić information content (AvgIpc) is 3.36. The highest BCUT2D eigenvalue weighted by atomic mass is 35.5. The van der Waals surface area contributed by atoms with Crippen molar-refractivity contribution in [2.24, 2.45) is 5.92 Å². The van der Waals surface area contributed by atoms with Gasteiger partial charge >= 0.3 is 0 Å². The van der Waals surface area contributed by atoms with E-state index in [1.54, 1.807) is 0 Å². The molecule has 2 heterocycles. The predicted molar refractivity (Wildman–Crippen MR) is 95.7 cm³/mol. The summed E-state index contributed by atoms with van der Waals surface area (Å²) in [7, 11) is 0. The third-order valence-electron chi connectivity index (χ3n) is 4.52. The minimum absolute atomic E-state index is 0.309. The quantitative estimate of drug-likeness (QED) is 0.839. The number of amides is 1. The fraction of sp³-hybridized carbons (Fsp3) is 0.471. The smallest absolute Gasteiger partial charge is 0.225 e. The lowest BCUT2D eigenvalue weighted by atomic mass is 10.1. The van der Waals surface area contributed by atoms with Crippen molar-refractivity contribution in [2.45, 2.75) is 19.3 Å². The Hall–Kier alpha value is -1.66. The first-order chi connectivity index (χ1) is 11.7. The molecular weight excluding hydrogens is 344 g/mol. The van der Waals surface area contributed by atoms with Gasteiger partial charge in [-0.05, 0) is 30.5 Å². The highest BCUT2D eigenvalue weighted by Crippen LogP contribution is 2.31. The molecule has 2 aromatic rings. The molecule has 0 atom stereocenters. The summed E-state index contributed by atoms with van der Waals surface area (Å²) in [6, 6.07) is 7.79. The number of carbonyl (C=O) groups is 1. The van der Waals surface area contributed by atoms with Crippen LogP contribution in [0.4, 0.5) is 5.13 Å². The minimum Gasteiger partial charge on any atom is -0.343 e. The summed E-state index contributed by atoms with van der Waals surface area (Å²) in [5, 5.41) is 1.70. The SMILES string of the molecule is O=C(C1CC1)N1CCN(c2nc(Cc3ccc(Cl)cc3)ns2)CC1. The van der Waals surface area contributed by atoms with E-state index in [4.69, 9.17) is 11.6 Å². The Bertz CT molecular complexity index is 720. The van der Waals surface area contributed by atoms with Gasteiger partial charge in [0.1, 0.15) is 5.82 Å². The van der Waals surface area contributed by atoms with Crippen LogP contribution in [-0.4, -0.2) is 46.3 Å². The fourth-order valence-corrected chi connectivity index (χ4v) is 3.80. The Balaban J connectivity index is 1.35. The first-order valence-corrected chi connectivity index (χ1v) is 9.45. The molecule has 0 radical (unpaired) electrons. The second-order valence-corrected chi connectivity index (χ2v) is 7.55. The van der Waals surface area contributed by atoms with E-state index in [1.807, 2.05) is 29.2 Å². The van der Waals surface area contributed by atoms with Gasteiger partial charge in [-0.25, -0.2) is 4.98 Å². The number of benzene rings is 1. The maximum Gasteiger partial charge on any atom is 0.225 e. The molecule has 24 heavy (non-hydrogen) atoms. The molecule has 0 N–H and O–H groups in total. The van der Waals surface area contributed by atoms with Crippen molar-refractivity contribution in [3.8, 4) is 0 Å². The van der Waals surface area contributed by atoms with Gasteiger partial charge in [-0.1, -0.05) is 23.7 Å². The zero-order chi connectivity index (χ0) is 16.5.